The fourth-order valence-electron chi connectivity index (χ4n) is 8.68. The Balaban J connectivity index is 1.18. The topological polar surface area (TPSA) is 0 Å². The summed E-state index contributed by atoms with van der Waals surface area (Å²) in [4.78, 5) is 5.35. The fraction of sp³-hybridized carbons (Fsp3) is 0.0400. The van der Waals surface area contributed by atoms with Crippen LogP contribution in [0.5, 0.6) is 0 Å². The van der Waals surface area contributed by atoms with Crippen LogP contribution >= 0.6 is 22.7 Å². The Morgan fingerprint density at radius 2 is 0.792 bits per heavy atom. The molecule has 0 amide bonds. The van der Waals surface area contributed by atoms with Crippen LogP contribution in [0.4, 0.5) is 0 Å². The maximum absolute atomic E-state index is 2.49. The van der Waals surface area contributed by atoms with Crippen LogP contribution in [0, 0.1) is 13.8 Å². The van der Waals surface area contributed by atoms with Gasteiger partial charge in [-0.1, -0.05) is 0 Å². The summed E-state index contributed by atoms with van der Waals surface area (Å²) in [5.41, 5.74) is 8.03. The molecule has 0 fully saturated rings. The van der Waals surface area contributed by atoms with E-state index in [4.69, 9.17) is 0 Å². The second-order valence-electron chi connectivity index (χ2n) is 14.0. The van der Waals surface area contributed by atoms with E-state index in [1.54, 1.807) is 0 Å². The summed E-state index contributed by atoms with van der Waals surface area (Å²) in [7, 11) is 0. The molecule has 3 aromatic heterocycles. The molecule has 0 aliphatic carbocycles. The number of hydrogen-bond donors (Lipinski definition) is 0. The molecule has 0 aliphatic heterocycles. The predicted molar refractivity (Wildman–Crippen MR) is 235 cm³/mol. The van der Waals surface area contributed by atoms with Gasteiger partial charge in [0.2, 0.25) is 0 Å². The number of fused-ring (bicyclic) bond motifs is 7. The molecule has 11 rings (SSSR count). The number of thiophene rings is 2. The number of benzene rings is 8. The average Bonchev–Trinajstić information content (AvgIpc) is 3.93. The van der Waals surface area contributed by atoms with Gasteiger partial charge in [-0.2, -0.15) is 0 Å². The van der Waals surface area contributed by atoms with Gasteiger partial charge in [0.1, 0.15) is 0 Å². The van der Waals surface area contributed by atoms with Crippen molar-refractivity contribution in [2.24, 2.45) is 0 Å². The Morgan fingerprint density at radius 3 is 1.25 bits per heavy atom. The molecule has 53 heavy (non-hydrogen) atoms. The summed E-state index contributed by atoms with van der Waals surface area (Å²) >= 11 is 3.95. The summed E-state index contributed by atoms with van der Waals surface area (Å²) in [5, 5.41) is 13.3. The molecule has 0 spiro atoms. The first-order valence-electron chi connectivity index (χ1n) is 18.1. The molecule has 0 atom stereocenters. The van der Waals surface area contributed by atoms with E-state index in [0.717, 1.165) is 0 Å². The van der Waals surface area contributed by atoms with E-state index >= 15 is 0 Å². The molecular weight excluding hydrogens is 744 g/mol. The molecule has 8 aromatic carbocycles. The first-order valence-corrected chi connectivity index (χ1v) is 21.4. The molecule has 0 saturated carbocycles. The number of rotatable bonds is 4. The Labute approximate surface area is 322 Å². The minimum absolute atomic E-state index is 0.177. The Hall–Kier alpha value is -5.28. The molecule has 11 aromatic rings. The van der Waals surface area contributed by atoms with E-state index in [0.29, 0.717) is 0 Å². The van der Waals surface area contributed by atoms with Crippen LogP contribution in [-0.4, -0.2) is 14.5 Å². The van der Waals surface area contributed by atoms with E-state index in [-0.39, 0.29) is 14.5 Å². The van der Waals surface area contributed by atoms with Crippen LogP contribution in [0.2, 0.25) is 0 Å². The van der Waals surface area contributed by atoms with Crippen molar-refractivity contribution >= 4 is 99.6 Å². The first-order chi connectivity index (χ1) is 26.1. The van der Waals surface area contributed by atoms with Crippen molar-refractivity contribution in [2.45, 2.75) is 13.8 Å². The molecule has 0 N–H and O–H groups in total. The van der Waals surface area contributed by atoms with Gasteiger partial charge in [0.15, 0.2) is 0 Å². The van der Waals surface area contributed by atoms with Crippen LogP contribution in [0.25, 0.3) is 106 Å². The average molecular weight is 776 g/mol. The molecule has 0 saturated heterocycles. The fourth-order valence-corrected chi connectivity index (χ4v) is 13.1. The monoisotopic (exact) mass is 776 g/mol. The molecule has 0 radical (unpaired) electrons. The third kappa shape index (κ3) is 4.79. The summed E-state index contributed by atoms with van der Waals surface area (Å²) < 4.78 is 2.95. The standard InChI is InChI=1S/C50H32S2Se/c1-29-22-25-43(51-29)48-36-16-7-3-12-32(36)46(33-13-4-8-17-37(33)48)31-24-27-45-42(28-31)40-20-11-21-41(50(40)53-45)47-34-14-5-9-18-38(34)49(44-26-23-30(2)52-44)39-19-10-6-15-35(39)47/h3-28H,1-2H3. The van der Waals surface area contributed by atoms with Crippen LogP contribution in [0.15, 0.2) is 158 Å². The van der Waals surface area contributed by atoms with E-state index in [1.165, 1.54) is 115 Å². The van der Waals surface area contributed by atoms with E-state index in [2.05, 4.69) is 172 Å². The SMILES string of the molecule is Cc1ccc(-c2c3ccccc3c(-c3ccc4[se]c5c(-c6c7ccccc7c(-c7ccc(C)s7)c7ccccc67)cccc5c4c3)c3ccccc23)s1. The summed E-state index contributed by atoms with van der Waals surface area (Å²) in [5.74, 6) is 0. The van der Waals surface area contributed by atoms with Crippen molar-refractivity contribution in [3.63, 3.8) is 0 Å². The summed E-state index contributed by atoms with van der Waals surface area (Å²) in [6.45, 7) is 4.41. The molecular formula is C50H32S2Se. The zero-order valence-corrected chi connectivity index (χ0v) is 32.6. The molecule has 250 valence electrons. The Bertz CT molecular complexity index is 3150. The van der Waals surface area contributed by atoms with Crippen molar-refractivity contribution in [3.8, 4) is 43.1 Å². The molecule has 0 aliphatic rings. The quantitative estimate of drug-likeness (QED) is 0.123. The van der Waals surface area contributed by atoms with Crippen LogP contribution in [0.3, 0.4) is 0 Å². The maximum atomic E-state index is 2.49. The number of hydrogen-bond acceptors (Lipinski definition) is 2. The van der Waals surface area contributed by atoms with Crippen molar-refractivity contribution in [2.75, 3.05) is 0 Å². The second-order valence-corrected chi connectivity index (χ2v) is 18.8. The van der Waals surface area contributed by atoms with Crippen LogP contribution < -0.4 is 0 Å². The van der Waals surface area contributed by atoms with Gasteiger partial charge in [0, 0.05) is 0 Å². The third-order valence-electron chi connectivity index (χ3n) is 10.9. The summed E-state index contributed by atoms with van der Waals surface area (Å²) in [6.07, 6.45) is 0. The van der Waals surface area contributed by atoms with Crippen molar-refractivity contribution < 1.29 is 0 Å². The van der Waals surface area contributed by atoms with E-state index in [9.17, 15) is 0 Å². The zero-order valence-electron chi connectivity index (χ0n) is 29.2. The zero-order chi connectivity index (χ0) is 35.2. The van der Waals surface area contributed by atoms with Gasteiger partial charge in [-0.3, -0.25) is 0 Å². The molecule has 0 unspecified atom stereocenters. The van der Waals surface area contributed by atoms with E-state index in [1.807, 2.05) is 22.7 Å². The van der Waals surface area contributed by atoms with Gasteiger partial charge in [0.25, 0.3) is 0 Å². The first kappa shape index (κ1) is 31.3. The van der Waals surface area contributed by atoms with Crippen LogP contribution in [0.1, 0.15) is 9.75 Å². The molecule has 3 heteroatoms. The number of aryl methyl sites for hydroxylation is 2. The van der Waals surface area contributed by atoms with Crippen LogP contribution in [-0.2, 0) is 0 Å². The van der Waals surface area contributed by atoms with Gasteiger partial charge in [0.05, 0.1) is 0 Å². The van der Waals surface area contributed by atoms with Crippen molar-refractivity contribution in [3.05, 3.63) is 167 Å². The Kier molecular flexibility index (Phi) is 7.16. The van der Waals surface area contributed by atoms with Gasteiger partial charge in [-0.15, -0.1) is 0 Å². The molecule has 3 heterocycles. The summed E-state index contributed by atoms with van der Waals surface area (Å²) in [6, 6.07) is 59.6. The van der Waals surface area contributed by atoms with Gasteiger partial charge in [-0.05, 0) is 0 Å². The Morgan fingerprint density at radius 1 is 0.358 bits per heavy atom. The second kappa shape index (κ2) is 12.1. The van der Waals surface area contributed by atoms with Gasteiger partial charge >= 0.3 is 324 Å². The van der Waals surface area contributed by atoms with Gasteiger partial charge in [-0.25, -0.2) is 0 Å². The predicted octanol–water partition coefficient (Wildman–Crippen LogP) is 15.1. The van der Waals surface area contributed by atoms with E-state index < -0.39 is 0 Å². The minimum atomic E-state index is 0.177. The molecule has 0 nitrogen and oxygen atoms in total. The molecule has 0 bridgehead atoms. The van der Waals surface area contributed by atoms with Crippen molar-refractivity contribution in [1.29, 1.82) is 0 Å². The third-order valence-corrected chi connectivity index (χ3v) is 15.5. The van der Waals surface area contributed by atoms with Gasteiger partial charge < -0.3 is 0 Å². The van der Waals surface area contributed by atoms with Crippen molar-refractivity contribution in [1.82, 2.24) is 0 Å². The normalized spacial score (nSPS) is 12.0.